The van der Waals surface area contributed by atoms with Crippen LogP contribution in [0.1, 0.15) is 64.2 Å². The standard InChI is InChI=1S/C28H32N6O2/c1-17-14-18(2)31-26(35)22(17)15-29-27(36)24-20(4)34(19(3)21-10-6-5-7-11-21)25-23(24)16-30-28(32-25)33-12-8-9-13-33/h5-7,10-11,14,16,19H,8-9,12-13,15H2,1-4H3,(H,29,36)(H,31,35). The summed E-state index contributed by atoms with van der Waals surface area (Å²) in [7, 11) is 0. The number of carbonyl (C=O) groups is 1. The molecule has 1 fully saturated rings. The second-order valence-corrected chi connectivity index (χ2v) is 9.64. The maximum Gasteiger partial charge on any atom is 0.254 e. The molecule has 1 unspecified atom stereocenters. The third-order valence-corrected chi connectivity index (χ3v) is 7.18. The average molecular weight is 485 g/mol. The molecule has 5 rings (SSSR count). The third kappa shape index (κ3) is 4.27. The number of aromatic nitrogens is 4. The van der Waals surface area contributed by atoms with Crippen molar-refractivity contribution in [2.75, 3.05) is 18.0 Å². The zero-order valence-corrected chi connectivity index (χ0v) is 21.3. The van der Waals surface area contributed by atoms with Gasteiger partial charge in [-0.3, -0.25) is 9.59 Å². The lowest BCUT2D eigenvalue weighted by atomic mass is 10.1. The molecule has 1 aliphatic rings. The van der Waals surface area contributed by atoms with Gasteiger partial charge in [0.2, 0.25) is 5.95 Å². The first kappa shape index (κ1) is 23.8. The van der Waals surface area contributed by atoms with Gasteiger partial charge in [-0.15, -0.1) is 0 Å². The summed E-state index contributed by atoms with van der Waals surface area (Å²) in [6.45, 7) is 9.84. The van der Waals surface area contributed by atoms with Gasteiger partial charge in [0.15, 0.2) is 0 Å². The van der Waals surface area contributed by atoms with Crippen LogP contribution in [0.3, 0.4) is 0 Å². The van der Waals surface area contributed by atoms with E-state index in [0.717, 1.165) is 54.1 Å². The number of fused-ring (bicyclic) bond motifs is 1. The van der Waals surface area contributed by atoms with Crippen LogP contribution in [-0.4, -0.2) is 38.5 Å². The van der Waals surface area contributed by atoms with Crippen molar-refractivity contribution < 1.29 is 4.79 Å². The largest absolute Gasteiger partial charge is 0.348 e. The van der Waals surface area contributed by atoms with Crippen LogP contribution in [0.15, 0.2) is 47.4 Å². The van der Waals surface area contributed by atoms with E-state index in [1.54, 1.807) is 6.20 Å². The summed E-state index contributed by atoms with van der Waals surface area (Å²) in [5, 5.41) is 3.69. The van der Waals surface area contributed by atoms with Gasteiger partial charge in [0, 0.05) is 42.8 Å². The summed E-state index contributed by atoms with van der Waals surface area (Å²) in [6, 6.07) is 12.1. The molecule has 1 aliphatic heterocycles. The second kappa shape index (κ2) is 9.60. The number of nitrogens with zero attached hydrogens (tertiary/aromatic N) is 4. The molecule has 0 saturated carbocycles. The van der Waals surface area contributed by atoms with E-state index in [9.17, 15) is 9.59 Å². The summed E-state index contributed by atoms with van der Waals surface area (Å²) >= 11 is 0. The molecule has 0 aliphatic carbocycles. The van der Waals surface area contributed by atoms with Crippen molar-refractivity contribution in [2.24, 2.45) is 0 Å². The minimum atomic E-state index is -0.242. The van der Waals surface area contributed by atoms with E-state index in [2.05, 4.69) is 43.8 Å². The zero-order valence-electron chi connectivity index (χ0n) is 21.3. The summed E-state index contributed by atoms with van der Waals surface area (Å²) < 4.78 is 2.13. The smallest absolute Gasteiger partial charge is 0.254 e. The first-order chi connectivity index (χ1) is 17.3. The maximum atomic E-state index is 13.6. The number of carbonyl (C=O) groups excluding carboxylic acids is 1. The highest BCUT2D eigenvalue weighted by Crippen LogP contribution is 2.32. The van der Waals surface area contributed by atoms with Crippen molar-refractivity contribution in [1.29, 1.82) is 0 Å². The van der Waals surface area contributed by atoms with E-state index in [1.165, 1.54) is 0 Å². The monoisotopic (exact) mass is 484 g/mol. The van der Waals surface area contributed by atoms with E-state index in [4.69, 9.17) is 4.98 Å². The number of hydrogen-bond donors (Lipinski definition) is 2. The number of amides is 1. The van der Waals surface area contributed by atoms with Crippen molar-refractivity contribution >= 4 is 22.9 Å². The van der Waals surface area contributed by atoms with Crippen LogP contribution in [0.4, 0.5) is 5.95 Å². The van der Waals surface area contributed by atoms with Gasteiger partial charge in [0.05, 0.1) is 17.0 Å². The molecule has 36 heavy (non-hydrogen) atoms. The Kier molecular flexibility index (Phi) is 6.35. The molecule has 4 aromatic rings. The lowest BCUT2D eigenvalue weighted by Crippen LogP contribution is -2.28. The van der Waals surface area contributed by atoms with E-state index in [-0.39, 0.29) is 24.1 Å². The van der Waals surface area contributed by atoms with Gasteiger partial charge in [0.1, 0.15) is 5.65 Å². The highest BCUT2D eigenvalue weighted by atomic mass is 16.2. The summed E-state index contributed by atoms with van der Waals surface area (Å²) in [5.41, 5.74) is 5.27. The van der Waals surface area contributed by atoms with Crippen LogP contribution >= 0.6 is 0 Å². The summed E-state index contributed by atoms with van der Waals surface area (Å²) in [5.74, 6) is 0.459. The number of nitrogens with one attached hydrogen (secondary N) is 2. The fraction of sp³-hybridized carbons (Fsp3) is 0.357. The van der Waals surface area contributed by atoms with Crippen molar-refractivity contribution in [3.63, 3.8) is 0 Å². The zero-order chi connectivity index (χ0) is 25.4. The molecule has 1 aromatic carbocycles. The number of rotatable bonds is 6. The molecule has 2 N–H and O–H groups in total. The first-order valence-electron chi connectivity index (χ1n) is 12.5. The lowest BCUT2D eigenvalue weighted by Gasteiger charge is -2.19. The molecule has 0 bridgehead atoms. The molecule has 1 saturated heterocycles. The van der Waals surface area contributed by atoms with Crippen LogP contribution in [0, 0.1) is 20.8 Å². The van der Waals surface area contributed by atoms with Crippen molar-refractivity contribution in [2.45, 2.75) is 53.1 Å². The molecule has 0 spiro atoms. The minimum Gasteiger partial charge on any atom is -0.348 e. The van der Waals surface area contributed by atoms with Crippen LogP contribution in [0.2, 0.25) is 0 Å². The normalized spacial score (nSPS) is 14.4. The number of benzene rings is 1. The molecule has 1 atom stereocenters. The van der Waals surface area contributed by atoms with E-state index in [0.29, 0.717) is 22.5 Å². The predicted octanol–water partition coefficient (Wildman–Crippen LogP) is 4.18. The Morgan fingerprint density at radius 1 is 1.14 bits per heavy atom. The minimum absolute atomic E-state index is 0.0289. The van der Waals surface area contributed by atoms with Crippen molar-refractivity contribution in [1.82, 2.24) is 24.8 Å². The predicted molar refractivity (Wildman–Crippen MR) is 142 cm³/mol. The Labute approximate surface area is 210 Å². The highest BCUT2D eigenvalue weighted by Gasteiger charge is 2.26. The summed E-state index contributed by atoms with van der Waals surface area (Å²) in [6.07, 6.45) is 4.04. The molecule has 8 heteroatoms. The molecular weight excluding hydrogens is 452 g/mol. The van der Waals surface area contributed by atoms with Crippen LogP contribution < -0.4 is 15.8 Å². The van der Waals surface area contributed by atoms with Gasteiger partial charge in [-0.2, -0.15) is 4.98 Å². The van der Waals surface area contributed by atoms with Gasteiger partial charge in [-0.25, -0.2) is 4.98 Å². The fourth-order valence-electron chi connectivity index (χ4n) is 5.27. The Morgan fingerprint density at radius 2 is 1.86 bits per heavy atom. The van der Waals surface area contributed by atoms with Crippen molar-refractivity contribution in [3.8, 4) is 0 Å². The third-order valence-electron chi connectivity index (χ3n) is 7.18. The topological polar surface area (TPSA) is 95.9 Å². The lowest BCUT2D eigenvalue weighted by molar-refractivity contribution is 0.0951. The number of anilines is 1. The fourth-order valence-corrected chi connectivity index (χ4v) is 5.27. The second-order valence-electron chi connectivity index (χ2n) is 9.64. The van der Waals surface area contributed by atoms with Crippen LogP contribution in [0.25, 0.3) is 11.0 Å². The van der Waals surface area contributed by atoms with Gasteiger partial charge < -0.3 is 19.8 Å². The van der Waals surface area contributed by atoms with Crippen LogP contribution in [-0.2, 0) is 6.54 Å². The number of pyridine rings is 1. The Morgan fingerprint density at radius 3 is 2.56 bits per heavy atom. The molecule has 186 valence electrons. The Balaban J connectivity index is 1.57. The van der Waals surface area contributed by atoms with E-state index in [1.807, 2.05) is 45.0 Å². The number of hydrogen-bond acceptors (Lipinski definition) is 5. The van der Waals surface area contributed by atoms with Crippen molar-refractivity contribution in [3.05, 3.63) is 86.6 Å². The summed E-state index contributed by atoms with van der Waals surface area (Å²) in [4.78, 5) is 40.6. The SMILES string of the molecule is Cc1cc(C)c(CNC(=O)c2c(C)n(C(C)c3ccccc3)c3nc(N4CCCC4)ncc23)c(=O)[nH]1. The van der Waals surface area contributed by atoms with E-state index >= 15 is 0 Å². The quantitative estimate of drug-likeness (QED) is 0.428. The molecule has 0 radical (unpaired) electrons. The molecule has 4 heterocycles. The Hall–Kier alpha value is -3.94. The molecule has 8 nitrogen and oxygen atoms in total. The number of aryl methyl sites for hydroxylation is 2. The van der Waals surface area contributed by atoms with Gasteiger partial charge in [-0.1, -0.05) is 30.3 Å². The molecule has 3 aromatic heterocycles. The van der Waals surface area contributed by atoms with E-state index < -0.39 is 0 Å². The van der Waals surface area contributed by atoms with Gasteiger partial charge >= 0.3 is 0 Å². The highest BCUT2D eigenvalue weighted by molar-refractivity contribution is 6.07. The van der Waals surface area contributed by atoms with Gasteiger partial charge in [-0.05, 0) is 57.7 Å². The molecular formula is C28H32N6O2. The maximum absolute atomic E-state index is 13.6. The Bertz CT molecular complexity index is 1480. The first-order valence-corrected chi connectivity index (χ1v) is 12.5. The molecule has 1 amide bonds. The number of H-pyrrole nitrogens is 1. The average Bonchev–Trinajstić information content (AvgIpc) is 3.49. The van der Waals surface area contributed by atoms with Gasteiger partial charge in [0.25, 0.3) is 11.5 Å². The number of aromatic amines is 1. The van der Waals surface area contributed by atoms with Crippen LogP contribution in [0.5, 0.6) is 0 Å².